The molecule has 5 heteroatoms. The van der Waals surface area contributed by atoms with Crippen LogP contribution in [0.1, 0.15) is 30.4 Å². The van der Waals surface area contributed by atoms with E-state index in [9.17, 15) is 9.59 Å². The molecule has 3 amide bonds. The van der Waals surface area contributed by atoms with Crippen molar-refractivity contribution in [3.05, 3.63) is 35.4 Å². The van der Waals surface area contributed by atoms with E-state index in [2.05, 4.69) is 35.8 Å². The Hall–Kier alpha value is -2.04. The molecule has 2 aliphatic rings. The molecule has 1 saturated carbocycles. The largest absolute Gasteiger partial charge is 0.344 e. The van der Waals surface area contributed by atoms with Crippen molar-refractivity contribution < 1.29 is 9.59 Å². The molecule has 1 heterocycles. The molecular formula is C17H23N3O2. The number of rotatable bonds is 4. The standard InChI is InChI=1S/C17H23N3O2/c1-12-5-3-4-6-14(12)17(7-8-17)11-18-16(22)19-13-9-15(21)20(2)10-13/h3-6,13H,7-11H2,1-2H3,(H2,18,19,22)/t13-/m1/s1. The Morgan fingerprint density at radius 3 is 2.68 bits per heavy atom. The normalized spacial score (nSPS) is 22.5. The van der Waals surface area contributed by atoms with Gasteiger partial charge in [-0.05, 0) is 30.9 Å². The first kappa shape index (κ1) is 14.9. The molecule has 118 valence electrons. The summed E-state index contributed by atoms with van der Waals surface area (Å²) in [5, 5.41) is 5.88. The smallest absolute Gasteiger partial charge is 0.315 e. The number of likely N-dealkylation sites (tertiary alicyclic amines) is 1. The number of hydrogen-bond donors (Lipinski definition) is 2. The van der Waals surface area contributed by atoms with Gasteiger partial charge in [0, 0.05) is 32.0 Å². The van der Waals surface area contributed by atoms with E-state index in [1.165, 1.54) is 11.1 Å². The Morgan fingerprint density at radius 1 is 1.36 bits per heavy atom. The van der Waals surface area contributed by atoms with E-state index in [1.807, 2.05) is 6.07 Å². The lowest BCUT2D eigenvalue weighted by molar-refractivity contribution is -0.126. The zero-order valence-corrected chi connectivity index (χ0v) is 13.2. The van der Waals surface area contributed by atoms with Crippen molar-refractivity contribution in [2.75, 3.05) is 20.1 Å². The summed E-state index contributed by atoms with van der Waals surface area (Å²) in [6.45, 7) is 3.37. The van der Waals surface area contributed by atoms with Crippen LogP contribution in [0.3, 0.4) is 0 Å². The SMILES string of the molecule is Cc1ccccc1C1(CNC(=O)N[C@@H]2CC(=O)N(C)C2)CC1. The molecule has 0 bridgehead atoms. The minimum absolute atomic E-state index is 0.0777. The summed E-state index contributed by atoms with van der Waals surface area (Å²) in [5.74, 6) is 0.0869. The monoisotopic (exact) mass is 301 g/mol. The number of nitrogens with zero attached hydrogens (tertiary/aromatic N) is 1. The second kappa shape index (κ2) is 5.63. The van der Waals surface area contributed by atoms with E-state index in [4.69, 9.17) is 0 Å². The van der Waals surface area contributed by atoms with Crippen molar-refractivity contribution in [2.24, 2.45) is 0 Å². The number of amides is 3. The first-order valence-electron chi connectivity index (χ1n) is 7.85. The molecule has 0 spiro atoms. The first-order chi connectivity index (χ1) is 10.5. The molecule has 2 N–H and O–H groups in total. The van der Waals surface area contributed by atoms with Gasteiger partial charge in [-0.3, -0.25) is 4.79 Å². The van der Waals surface area contributed by atoms with Gasteiger partial charge in [0.05, 0.1) is 6.04 Å². The molecule has 3 rings (SSSR count). The van der Waals surface area contributed by atoms with Crippen molar-refractivity contribution >= 4 is 11.9 Å². The maximum absolute atomic E-state index is 12.1. The maximum Gasteiger partial charge on any atom is 0.315 e. The number of hydrogen-bond acceptors (Lipinski definition) is 2. The third-order valence-electron chi connectivity index (χ3n) is 4.83. The molecule has 0 radical (unpaired) electrons. The van der Waals surface area contributed by atoms with Crippen LogP contribution < -0.4 is 10.6 Å². The molecule has 1 aliphatic heterocycles. The second-order valence-corrected chi connectivity index (χ2v) is 6.60. The fourth-order valence-corrected chi connectivity index (χ4v) is 3.31. The minimum atomic E-state index is -0.173. The quantitative estimate of drug-likeness (QED) is 0.886. The Bertz CT molecular complexity index is 595. The highest BCUT2D eigenvalue weighted by Crippen LogP contribution is 2.48. The highest BCUT2D eigenvalue weighted by atomic mass is 16.2. The Morgan fingerprint density at radius 2 is 2.09 bits per heavy atom. The molecule has 0 unspecified atom stereocenters. The zero-order valence-electron chi connectivity index (χ0n) is 13.2. The summed E-state index contributed by atoms with van der Waals surface area (Å²) < 4.78 is 0. The lowest BCUT2D eigenvalue weighted by Crippen LogP contribution is -2.45. The molecule has 1 saturated heterocycles. The number of carbonyl (C=O) groups excluding carboxylic acids is 2. The average molecular weight is 301 g/mol. The number of nitrogens with one attached hydrogen (secondary N) is 2. The number of likely N-dealkylation sites (N-methyl/N-ethyl adjacent to an activating group) is 1. The Balaban J connectivity index is 1.53. The molecule has 1 aromatic rings. The number of aryl methyl sites for hydroxylation is 1. The molecule has 2 fully saturated rings. The highest BCUT2D eigenvalue weighted by molar-refractivity contribution is 5.81. The van der Waals surface area contributed by atoms with Gasteiger partial charge in [-0.15, -0.1) is 0 Å². The minimum Gasteiger partial charge on any atom is -0.344 e. The second-order valence-electron chi connectivity index (χ2n) is 6.60. The molecule has 1 aromatic carbocycles. The lowest BCUT2D eigenvalue weighted by Gasteiger charge is -2.20. The topological polar surface area (TPSA) is 61.4 Å². The van der Waals surface area contributed by atoms with Crippen molar-refractivity contribution in [2.45, 2.75) is 37.6 Å². The van der Waals surface area contributed by atoms with Crippen molar-refractivity contribution in [3.8, 4) is 0 Å². The summed E-state index contributed by atoms with van der Waals surface area (Å²) in [6, 6.07) is 8.13. The Labute approximate surface area is 131 Å². The van der Waals surface area contributed by atoms with Gasteiger partial charge < -0.3 is 15.5 Å². The van der Waals surface area contributed by atoms with E-state index >= 15 is 0 Å². The summed E-state index contributed by atoms with van der Waals surface area (Å²) in [4.78, 5) is 25.2. The van der Waals surface area contributed by atoms with Crippen LogP contribution in [0.15, 0.2) is 24.3 Å². The zero-order chi connectivity index (χ0) is 15.7. The van der Waals surface area contributed by atoms with E-state index in [-0.39, 0.29) is 23.4 Å². The van der Waals surface area contributed by atoms with Crippen LogP contribution in [0.4, 0.5) is 4.79 Å². The van der Waals surface area contributed by atoms with Gasteiger partial charge in [0.2, 0.25) is 5.91 Å². The van der Waals surface area contributed by atoms with Gasteiger partial charge in [-0.2, -0.15) is 0 Å². The van der Waals surface area contributed by atoms with Crippen LogP contribution in [0, 0.1) is 6.92 Å². The van der Waals surface area contributed by atoms with Gasteiger partial charge >= 0.3 is 6.03 Å². The van der Waals surface area contributed by atoms with Crippen LogP contribution >= 0.6 is 0 Å². The van der Waals surface area contributed by atoms with Crippen LogP contribution in [-0.4, -0.2) is 43.0 Å². The van der Waals surface area contributed by atoms with Crippen LogP contribution in [0.2, 0.25) is 0 Å². The van der Waals surface area contributed by atoms with Crippen LogP contribution in [0.5, 0.6) is 0 Å². The molecule has 1 atom stereocenters. The fourth-order valence-electron chi connectivity index (χ4n) is 3.31. The summed E-state index contributed by atoms with van der Waals surface area (Å²) in [7, 11) is 1.76. The average Bonchev–Trinajstić information content (AvgIpc) is 3.20. The number of benzene rings is 1. The molecule has 1 aliphatic carbocycles. The Kier molecular flexibility index (Phi) is 3.81. The molecule has 0 aromatic heterocycles. The van der Waals surface area contributed by atoms with E-state index in [0.717, 1.165) is 12.8 Å². The predicted molar refractivity (Wildman–Crippen MR) is 84.7 cm³/mol. The number of urea groups is 1. The van der Waals surface area contributed by atoms with E-state index < -0.39 is 0 Å². The predicted octanol–water partition coefficient (Wildman–Crippen LogP) is 1.56. The first-order valence-corrected chi connectivity index (χ1v) is 7.85. The fraction of sp³-hybridized carbons (Fsp3) is 0.529. The molecule has 22 heavy (non-hydrogen) atoms. The van der Waals surface area contributed by atoms with Gasteiger partial charge in [0.1, 0.15) is 0 Å². The van der Waals surface area contributed by atoms with E-state index in [1.54, 1.807) is 11.9 Å². The third-order valence-corrected chi connectivity index (χ3v) is 4.83. The van der Waals surface area contributed by atoms with Crippen LogP contribution in [-0.2, 0) is 10.2 Å². The summed E-state index contributed by atoms with van der Waals surface area (Å²) in [5.41, 5.74) is 2.72. The van der Waals surface area contributed by atoms with Gasteiger partial charge in [0.15, 0.2) is 0 Å². The highest BCUT2D eigenvalue weighted by Gasteiger charge is 2.45. The van der Waals surface area contributed by atoms with Crippen molar-refractivity contribution in [1.29, 1.82) is 0 Å². The summed E-state index contributed by atoms with van der Waals surface area (Å²) >= 11 is 0. The molecular weight excluding hydrogens is 278 g/mol. The van der Waals surface area contributed by atoms with E-state index in [0.29, 0.717) is 19.5 Å². The van der Waals surface area contributed by atoms with Gasteiger partial charge in [0.25, 0.3) is 0 Å². The van der Waals surface area contributed by atoms with Crippen molar-refractivity contribution in [3.63, 3.8) is 0 Å². The molecule has 5 nitrogen and oxygen atoms in total. The van der Waals surface area contributed by atoms with Crippen LogP contribution in [0.25, 0.3) is 0 Å². The van der Waals surface area contributed by atoms with Crippen molar-refractivity contribution in [1.82, 2.24) is 15.5 Å². The van der Waals surface area contributed by atoms with Gasteiger partial charge in [-0.1, -0.05) is 24.3 Å². The lowest BCUT2D eigenvalue weighted by atomic mass is 9.92. The van der Waals surface area contributed by atoms with Gasteiger partial charge in [-0.25, -0.2) is 4.79 Å². The number of carbonyl (C=O) groups is 2. The summed E-state index contributed by atoms with van der Waals surface area (Å²) in [6.07, 6.45) is 2.62. The third kappa shape index (κ3) is 2.93. The maximum atomic E-state index is 12.1.